The van der Waals surface area contributed by atoms with Crippen LogP contribution in [0, 0.1) is 6.92 Å². The number of nitrogens with one attached hydrogen (secondary N) is 1. The summed E-state index contributed by atoms with van der Waals surface area (Å²) in [5.41, 5.74) is 1.92. The van der Waals surface area contributed by atoms with Gasteiger partial charge < -0.3 is 19.9 Å². The first-order valence-corrected chi connectivity index (χ1v) is 18.6. The van der Waals surface area contributed by atoms with Gasteiger partial charge in [-0.05, 0) is 71.5 Å². The molecule has 0 radical (unpaired) electrons. The topological polar surface area (TPSA) is 79.0 Å². The van der Waals surface area contributed by atoms with Crippen molar-refractivity contribution in [3.8, 4) is 0 Å². The van der Waals surface area contributed by atoms with Crippen LogP contribution in [0.4, 0.5) is 0 Å². The summed E-state index contributed by atoms with van der Waals surface area (Å²) in [4.78, 5) is 44.7. The van der Waals surface area contributed by atoms with Crippen LogP contribution < -0.4 is 5.32 Å². The monoisotopic (exact) mass is 633 g/mol. The zero-order valence-corrected chi connectivity index (χ0v) is 29.6. The van der Waals surface area contributed by atoms with Crippen LogP contribution in [0.1, 0.15) is 155 Å². The molecule has 2 rings (SSSR count). The summed E-state index contributed by atoms with van der Waals surface area (Å²) < 4.78 is 5.97. The van der Waals surface area contributed by atoms with E-state index in [9.17, 15) is 14.4 Å². The number of aryl methyl sites for hydroxylation is 1. The van der Waals surface area contributed by atoms with Gasteiger partial charge in [0.2, 0.25) is 5.91 Å². The Morgan fingerprint density at radius 2 is 1.45 bits per heavy atom. The lowest BCUT2D eigenvalue weighted by Gasteiger charge is -2.27. The van der Waals surface area contributed by atoms with Crippen LogP contribution in [-0.2, 0) is 27.3 Å². The Morgan fingerprint density at radius 1 is 0.864 bits per heavy atom. The van der Waals surface area contributed by atoms with E-state index in [0.717, 1.165) is 53.1 Å². The summed E-state index contributed by atoms with van der Waals surface area (Å²) in [6.07, 6.45) is 19.9. The Kier molecular flexibility index (Phi) is 19.6. The molecule has 2 heterocycles. The highest BCUT2D eigenvalue weighted by atomic mass is 32.1. The highest BCUT2D eigenvalue weighted by Crippen LogP contribution is 2.33. The quantitative estimate of drug-likeness (QED) is 0.0917. The van der Waals surface area contributed by atoms with Crippen molar-refractivity contribution < 1.29 is 19.1 Å². The fourth-order valence-electron chi connectivity index (χ4n) is 6.05. The number of carbonyl (C=O) groups is 3. The zero-order valence-electron chi connectivity index (χ0n) is 28.8. The van der Waals surface area contributed by atoms with E-state index in [0.29, 0.717) is 51.7 Å². The van der Waals surface area contributed by atoms with Crippen LogP contribution in [0.2, 0.25) is 0 Å². The van der Waals surface area contributed by atoms with Crippen molar-refractivity contribution in [2.45, 2.75) is 155 Å². The molecule has 0 unspecified atom stereocenters. The number of rotatable bonds is 24. The number of likely N-dealkylation sites (N-methyl/N-ethyl adjacent to an activating group) is 1. The van der Waals surface area contributed by atoms with Gasteiger partial charge >= 0.3 is 5.97 Å². The second-order valence-corrected chi connectivity index (χ2v) is 14.3. The molecule has 0 aromatic carbocycles. The first-order chi connectivity index (χ1) is 21.3. The summed E-state index contributed by atoms with van der Waals surface area (Å²) in [7, 11) is 3.98. The third-order valence-electron chi connectivity index (χ3n) is 8.74. The van der Waals surface area contributed by atoms with Crippen LogP contribution in [-0.4, -0.2) is 67.4 Å². The summed E-state index contributed by atoms with van der Waals surface area (Å²) in [6, 6.07) is 0. The summed E-state index contributed by atoms with van der Waals surface area (Å²) in [5, 5.41) is 3.04. The molecule has 0 saturated heterocycles. The lowest BCUT2D eigenvalue weighted by atomic mass is 10.0. The Balaban J connectivity index is 1.73. The Bertz CT molecular complexity index is 961. The molecular weight excluding hydrogens is 570 g/mol. The standard InChI is InChI=1S/C36H63N3O4S/c1-6-8-10-12-14-16-20-30(21-17-15-13-11-9-7-2)43-34(41)23-19-18-22-33(40)39-26-24-31-32(28-39)44-29(3)35(31)36(42)37-25-27-38(4)5/h30H,6-28H2,1-5H3,(H,37,42). The van der Waals surface area contributed by atoms with Crippen LogP contribution in [0.3, 0.4) is 0 Å². The molecule has 252 valence electrons. The average molecular weight is 634 g/mol. The third kappa shape index (κ3) is 14.9. The van der Waals surface area contributed by atoms with E-state index in [1.807, 2.05) is 30.8 Å². The average Bonchev–Trinajstić information content (AvgIpc) is 3.33. The molecule has 1 N–H and O–H groups in total. The number of thiophene rings is 1. The number of ether oxygens (including phenoxy) is 1. The van der Waals surface area contributed by atoms with Crippen molar-refractivity contribution in [2.75, 3.05) is 33.7 Å². The largest absolute Gasteiger partial charge is 0.462 e. The Hall–Kier alpha value is -1.93. The molecule has 0 fully saturated rings. The number of esters is 1. The van der Waals surface area contributed by atoms with E-state index >= 15 is 0 Å². The molecule has 1 aliphatic rings. The number of amides is 2. The Morgan fingerprint density at radius 3 is 2.07 bits per heavy atom. The van der Waals surface area contributed by atoms with E-state index in [1.54, 1.807) is 11.3 Å². The second-order valence-electron chi connectivity index (χ2n) is 13.0. The SMILES string of the molecule is CCCCCCCCC(CCCCCCCC)OC(=O)CCCCC(=O)N1CCc2c(sc(C)c2C(=O)NCCN(C)C)C1. The predicted molar refractivity (Wildman–Crippen MR) is 183 cm³/mol. The first-order valence-electron chi connectivity index (χ1n) is 17.8. The van der Waals surface area contributed by atoms with Gasteiger partial charge in [-0.2, -0.15) is 0 Å². The van der Waals surface area contributed by atoms with Gasteiger partial charge in [-0.25, -0.2) is 0 Å². The molecule has 0 bridgehead atoms. The molecule has 7 nitrogen and oxygen atoms in total. The zero-order chi connectivity index (χ0) is 32.2. The van der Waals surface area contributed by atoms with Gasteiger partial charge in [0.15, 0.2) is 0 Å². The van der Waals surface area contributed by atoms with Gasteiger partial charge in [0.05, 0.1) is 12.1 Å². The number of carbonyl (C=O) groups excluding carboxylic acids is 3. The lowest BCUT2D eigenvalue weighted by Crippen LogP contribution is -2.36. The van der Waals surface area contributed by atoms with Crippen molar-refractivity contribution in [1.82, 2.24) is 15.1 Å². The highest BCUT2D eigenvalue weighted by Gasteiger charge is 2.28. The highest BCUT2D eigenvalue weighted by molar-refractivity contribution is 7.12. The maximum atomic E-state index is 13.0. The molecule has 0 saturated carbocycles. The minimum atomic E-state index is -0.104. The van der Waals surface area contributed by atoms with E-state index in [2.05, 4.69) is 19.2 Å². The maximum Gasteiger partial charge on any atom is 0.306 e. The lowest BCUT2D eigenvalue weighted by molar-refractivity contribution is -0.150. The molecule has 1 aromatic rings. The molecular formula is C36H63N3O4S. The summed E-state index contributed by atoms with van der Waals surface area (Å²) in [6.45, 7) is 9.12. The van der Waals surface area contributed by atoms with Crippen LogP contribution in [0.15, 0.2) is 0 Å². The smallest absolute Gasteiger partial charge is 0.306 e. The summed E-state index contributed by atoms with van der Waals surface area (Å²) >= 11 is 1.64. The minimum absolute atomic E-state index is 0.00491. The van der Waals surface area contributed by atoms with E-state index in [4.69, 9.17) is 4.74 Å². The van der Waals surface area contributed by atoms with Crippen LogP contribution in [0.5, 0.6) is 0 Å². The number of hydrogen-bond acceptors (Lipinski definition) is 6. The predicted octanol–water partition coefficient (Wildman–Crippen LogP) is 8.21. The fraction of sp³-hybridized carbons (Fsp3) is 0.806. The number of unbranched alkanes of at least 4 members (excludes halogenated alkanes) is 11. The molecule has 0 aliphatic carbocycles. The normalized spacial score (nSPS) is 13.0. The number of nitrogens with zero attached hydrogens (tertiary/aromatic N) is 2. The van der Waals surface area contributed by atoms with Gasteiger partial charge in [-0.3, -0.25) is 14.4 Å². The van der Waals surface area contributed by atoms with E-state index in [1.165, 1.54) is 64.2 Å². The molecule has 1 aliphatic heterocycles. The molecule has 0 spiro atoms. The Labute approximate surface area is 272 Å². The van der Waals surface area contributed by atoms with Crippen molar-refractivity contribution in [2.24, 2.45) is 0 Å². The van der Waals surface area contributed by atoms with Crippen molar-refractivity contribution in [3.63, 3.8) is 0 Å². The van der Waals surface area contributed by atoms with Gasteiger partial charge in [-0.1, -0.05) is 78.1 Å². The number of hydrogen-bond donors (Lipinski definition) is 1. The first kappa shape index (κ1) is 38.3. The second kappa shape index (κ2) is 22.6. The summed E-state index contributed by atoms with van der Waals surface area (Å²) in [5.74, 6) is 0.0262. The third-order valence-corrected chi connectivity index (χ3v) is 9.87. The van der Waals surface area contributed by atoms with Gasteiger partial charge in [0, 0.05) is 42.2 Å². The number of fused-ring (bicyclic) bond motifs is 1. The van der Waals surface area contributed by atoms with Crippen molar-refractivity contribution in [3.05, 3.63) is 20.9 Å². The van der Waals surface area contributed by atoms with Crippen molar-refractivity contribution in [1.29, 1.82) is 0 Å². The minimum Gasteiger partial charge on any atom is -0.462 e. The molecule has 1 aromatic heterocycles. The van der Waals surface area contributed by atoms with E-state index < -0.39 is 0 Å². The molecule has 44 heavy (non-hydrogen) atoms. The van der Waals surface area contributed by atoms with E-state index in [-0.39, 0.29) is 23.9 Å². The van der Waals surface area contributed by atoms with Gasteiger partial charge in [0.1, 0.15) is 6.10 Å². The fourth-order valence-corrected chi connectivity index (χ4v) is 7.28. The van der Waals surface area contributed by atoms with Gasteiger partial charge in [0.25, 0.3) is 5.91 Å². The maximum absolute atomic E-state index is 13.0. The van der Waals surface area contributed by atoms with Crippen molar-refractivity contribution >= 4 is 29.1 Å². The van der Waals surface area contributed by atoms with Crippen LogP contribution >= 0.6 is 11.3 Å². The molecule has 2 amide bonds. The van der Waals surface area contributed by atoms with Gasteiger partial charge in [-0.15, -0.1) is 11.3 Å². The molecule has 8 heteroatoms. The van der Waals surface area contributed by atoms with Crippen LogP contribution in [0.25, 0.3) is 0 Å². The molecule has 0 atom stereocenters.